The molecule has 3 nitrogen and oxygen atoms in total. The molecule has 0 spiro atoms. The minimum Gasteiger partial charge on any atom is -0.267 e. The van der Waals surface area contributed by atoms with Gasteiger partial charge >= 0.3 is 0 Å². The lowest BCUT2D eigenvalue weighted by molar-refractivity contribution is 0.0954. The molecule has 1 aliphatic carbocycles. The average molecular weight is 412 g/mol. The van der Waals surface area contributed by atoms with E-state index in [0.717, 1.165) is 5.56 Å². The lowest BCUT2D eigenvalue weighted by atomic mass is 10.1. The second-order valence-corrected chi connectivity index (χ2v) is 7.59. The van der Waals surface area contributed by atoms with Crippen LogP contribution in [0.1, 0.15) is 21.8 Å². The molecule has 1 N–H and O–H groups in total. The minimum absolute atomic E-state index is 0.0175. The Hall–Kier alpha value is -1.36. The van der Waals surface area contributed by atoms with Gasteiger partial charge in [0.25, 0.3) is 5.91 Å². The highest BCUT2D eigenvalue weighted by molar-refractivity contribution is 9.10. The van der Waals surface area contributed by atoms with Crippen LogP contribution < -0.4 is 5.43 Å². The Labute approximate surface area is 152 Å². The molecular weight excluding hydrogens is 399 g/mol. The van der Waals surface area contributed by atoms with Crippen molar-refractivity contribution in [1.29, 1.82) is 0 Å². The summed E-state index contributed by atoms with van der Waals surface area (Å²) in [5.74, 6) is -0.440. The summed E-state index contributed by atoms with van der Waals surface area (Å²) >= 11 is 16.0. The Morgan fingerprint density at radius 3 is 2.48 bits per heavy atom. The largest absolute Gasteiger partial charge is 0.272 e. The highest BCUT2D eigenvalue weighted by Crippen LogP contribution is 2.63. The van der Waals surface area contributed by atoms with E-state index in [4.69, 9.17) is 23.2 Å². The van der Waals surface area contributed by atoms with E-state index in [1.54, 1.807) is 24.4 Å². The Morgan fingerprint density at radius 1 is 1.13 bits per heavy atom. The number of carbonyl (C=O) groups excluding carboxylic acids is 1. The molecule has 0 bridgehead atoms. The second-order valence-electron chi connectivity index (χ2n) is 5.29. The smallest absolute Gasteiger partial charge is 0.267 e. The number of nitrogens with zero attached hydrogens (tertiary/aromatic N) is 1. The Kier molecular flexibility index (Phi) is 4.76. The van der Waals surface area contributed by atoms with E-state index >= 15 is 0 Å². The van der Waals surface area contributed by atoms with Gasteiger partial charge in [0, 0.05) is 22.5 Å². The SMILES string of the molecule is O=C(N/N=C\[C@H]1[C@@H](c2ccccc2)C1(Cl)Cl)c1ccccc1Br. The minimum atomic E-state index is -0.886. The van der Waals surface area contributed by atoms with Crippen LogP contribution in [0.3, 0.4) is 0 Å². The molecule has 1 amide bonds. The van der Waals surface area contributed by atoms with E-state index in [2.05, 4.69) is 26.5 Å². The van der Waals surface area contributed by atoms with Gasteiger partial charge in [0.1, 0.15) is 4.33 Å². The first-order valence-corrected chi connectivity index (χ1v) is 8.57. The van der Waals surface area contributed by atoms with Crippen molar-refractivity contribution in [2.45, 2.75) is 10.3 Å². The maximum Gasteiger partial charge on any atom is 0.272 e. The molecule has 1 saturated carbocycles. The van der Waals surface area contributed by atoms with Crippen molar-refractivity contribution in [3.63, 3.8) is 0 Å². The van der Waals surface area contributed by atoms with Crippen LogP contribution in [0.4, 0.5) is 0 Å². The summed E-state index contributed by atoms with van der Waals surface area (Å²) in [6, 6.07) is 16.9. The fourth-order valence-electron chi connectivity index (χ4n) is 2.51. The molecule has 6 heteroatoms. The van der Waals surface area contributed by atoms with E-state index in [1.165, 1.54) is 0 Å². The van der Waals surface area contributed by atoms with Gasteiger partial charge in [-0.1, -0.05) is 42.5 Å². The first kappa shape index (κ1) is 16.5. The van der Waals surface area contributed by atoms with E-state index in [0.29, 0.717) is 10.0 Å². The van der Waals surface area contributed by atoms with Crippen LogP contribution in [0, 0.1) is 5.92 Å². The second kappa shape index (κ2) is 6.63. The predicted octanol–water partition coefficient (Wildman–Crippen LogP) is 4.75. The zero-order valence-corrected chi connectivity index (χ0v) is 15.0. The van der Waals surface area contributed by atoms with Crippen molar-refractivity contribution in [3.8, 4) is 0 Å². The van der Waals surface area contributed by atoms with Gasteiger partial charge in [0.05, 0.1) is 5.56 Å². The number of rotatable bonds is 4. The molecule has 3 rings (SSSR count). The Morgan fingerprint density at radius 2 is 1.78 bits per heavy atom. The van der Waals surface area contributed by atoms with E-state index < -0.39 is 4.33 Å². The molecule has 1 fully saturated rings. The third kappa shape index (κ3) is 3.44. The number of hydrogen-bond donors (Lipinski definition) is 1. The number of amides is 1. The normalized spacial score (nSPS) is 22.0. The molecule has 0 unspecified atom stereocenters. The topological polar surface area (TPSA) is 41.5 Å². The summed E-state index contributed by atoms with van der Waals surface area (Å²) in [6.07, 6.45) is 1.60. The number of hydrogen-bond acceptors (Lipinski definition) is 2. The molecule has 0 saturated heterocycles. The molecule has 23 heavy (non-hydrogen) atoms. The lowest BCUT2D eigenvalue weighted by Gasteiger charge is -2.01. The third-order valence-electron chi connectivity index (χ3n) is 3.79. The van der Waals surface area contributed by atoms with E-state index in [-0.39, 0.29) is 17.7 Å². The number of hydrazone groups is 1. The molecule has 1 aliphatic rings. The predicted molar refractivity (Wildman–Crippen MR) is 97.2 cm³/mol. The third-order valence-corrected chi connectivity index (χ3v) is 5.45. The van der Waals surface area contributed by atoms with Gasteiger partial charge in [-0.3, -0.25) is 4.79 Å². The molecule has 0 aromatic heterocycles. The van der Waals surface area contributed by atoms with Gasteiger partial charge in [-0.25, -0.2) is 5.43 Å². The quantitative estimate of drug-likeness (QED) is 0.440. The zero-order valence-electron chi connectivity index (χ0n) is 11.9. The maximum absolute atomic E-state index is 12.1. The first-order valence-electron chi connectivity index (χ1n) is 7.02. The highest BCUT2D eigenvalue weighted by atomic mass is 79.9. The summed E-state index contributed by atoms with van der Waals surface area (Å²) in [5.41, 5.74) is 4.08. The van der Waals surface area contributed by atoms with Crippen molar-refractivity contribution < 1.29 is 4.79 Å². The monoisotopic (exact) mass is 410 g/mol. The summed E-state index contributed by atoms with van der Waals surface area (Å²) in [5, 5.41) is 4.01. The number of benzene rings is 2. The Bertz CT molecular complexity index is 749. The van der Waals surface area contributed by atoms with Crippen LogP contribution in [-0.2, 0) is 0 Å². The van der Waals surface area contributed by atoms with Crippen LogP contribution >= 0.6 is 39.1 Å². The maximum atomic E-state index is 12.1. The van der Waals surface area contributed by atoms with Gasteiger partial charge in [0.2, 0.25) is 0 Å². The molecule has 2 atom stereocenters. The number of halogens is 3. The molecular formula is C17H13BrCl2N2O. The standard InChI is InChI=1S/C17H13BrCl2N2O/c18-14-9-5-4-8-12(14)16(23)22-21-10-13-15(17(13,19)20)11-6-2-1-3-7-11/h1-10,13,15H,(H,22,23)/b21-10-/t13-,15+/m0/s1. The molecule has 0 heterocycles. The average Bonchev–Trinajstić information content (AvgIpc) is 3.09. The molecule has 0 aliphatic heterocycles. The lowest BCUT2D eigenvalue weighted by Crippen LogP contribution is -2.18. The van der Waals surface area contributed by atoms with Crippen LogP contribution in [0.5, 0.6) is 0 Å². The van der Waals surface area contributed by atoms with Gasteiger partial charge in [-0.15, -0.1) is 23.2 Å². The van der Waals surface area contributed by atoms with E-state index in [9.17, 15) is 4.79 Å². The summed E-state index contributed by atoms with van der Waals surface area (Å²) in [7, 11) is 0. The summed E-state index contributed by atoms with van der Waals surface area (Å²) in [6.45, 7) is 0. The zero-order chi connectivity index (χ0) is 16.4. The van der Waals surface area contributed by atoms with Crippen molar-refractivity contribution >= 4 is 51.3 Å². The fraction of sp³-hybridized carbons (Fsp3) is 0.176. The van der Waals surface area contributed by atoms with Gasteiger partial charge < -0.3 is 0 Å². The van der Waals surface area contributed by atoms with Crippen molar-refractivity contribution in [3.05, 3.63) is 70.2 Å². The van der Waals surface area contributed by atoms with Gasteiger partial charge in [-0.05, 0) is 33.6 Å². The molecule has 2 aromatic rings. The van der Waals surface area contributed by atoms with Crippen LogP contribution in [0.25, 0.3) is 0 Å². The molecule has 0 radical (unpaired) electrons. The van der Waals surface area contributed by atoms with Crippen molar-refractivity contribution in [2.75, 3.05) is 0 Å². The van der Waals surface area contributed by atoms with Crippen molar-refractivity contribution in [1.82, 2.24) is 5.43 Å². The van der Waals surface area contributed by atoms with Crippen LogP contribution in [0.15, 0.2) is 64.2 Å². The summed E-state index contributed by atoms with van der Waals surface area (Å²) < 4.78 is -0.173. The first-order chi connectivity index (χ1) is 11.0. The number of alkyl halides is 2. The van der Waals surface area contributed by atoms with E-state index in [1.807, 2.05) is 36.4 Å². The summed E-state index contributed by atoms with van der Waals surface area (Å²) in [4.78, 5) is 12.1. The fourth-order valence-corrected chi connectivity index (χ4v) is 3.73. The number of nitrogens with one attached hydrogen (secondary N) is 1. The number of carbonyl (C=O) groups is 1. The molecule has 118 valence electrons. The van der Waals surface area contributed by atoms with Gasteiger partial charge in [0.15, 0.2) is 0 Å². The molecule has 2 aromatic carbocycles. The van der Waals surface area contributed by atoms with Crippen LogP contribution in [-0.4, -0.2) is 16.5 Å². The van der Waals surface area contributed by atoms with Gasteiger partial charge in [-0.2, -0.15) is 5.10 Å². The van der Waals surface area contributed by atoms with Crippen molar-refractivity contribution in [2.24, 2.45) is 11.0 Å². The Balaban J connectivity index is 1.65. The van der Waals surface area contributed by atoms with Crippen LogP contribution in [0.2, 0.25) is 0 Å². The highest BCUT2D eigenvalue weighted by Gasteiger charge is 2.63.